The van der Waals surface area contributed by atoms with Crippen LogP contribution in [0.4, 0.5) is 0 Å². The smallest absolute Gasteiger partial charge is 0.300 e. The molecule has 0 rings (SSSR count). The van der Waals surface area contributed by atoms with Crippen molar-refractivity contribution in [1.82, 2.24) is 0 Å². The highest BCUT2D eigenvalue weighted by atomic mass is 16.4. The minimum absolute atomic E-state index is 0.833. The molecule has 0 amide bonds. The second-order valence-corrected chi connectivity index (χ2v) is 1.32. The van der Waals surface area contributed by atoms with Crippen LogP contribution in [0.5, 0.6) is 0 Å². The lowest BCUT2D eigenvalue weighted by atomic mass is 10.6. The minimum Gasteiger partial charge on any atom is -0.481 e. The number of carboxylic acids is 1. The first-order valence-electron chi connectivity index (χ1n) is 3.00. The average molecular weight is 167 g/mol. The standard InChI is InChI=1S/C4H6.C3H3N.C2H4O2/c1-3-4-2;1-2-3-4;1-2(3)4/h3-4H,1-2H2;2H,1H2;1H3,(H,3,4). The highest BCUT2D eigenvalue weighted by molar-refractivity contribution is 5.62. The highest BCUT2D eigenvalue weighted by Gasteiger charge is 1.65. The maximum Gasteiger partial charge on any atom is 0.300 e. The van der Waals surface area contributed by atoms with Crippen LogP contribution in [0.2, 0.25) is 0 Å². The number of hydrogen-bond acceptors (Lipinski definition) is 2. The normalized spacial score (nSPS) is 5.00. The third kappa shape index (κ3) is 13000. The van der Waals surface area contributed by atoms with E-state index in [1.165, 1.54) is 6.08 Å². The van der Waals surface area contributed by atoms with E-state index >= 15 is 0 Å². The molecule has 0 saturated carbocycles. The zero-order valence-electron chi connectivity index (χ0n) is 7.16. The molecule has 1 N–H and O–H groups in total. The molecular weight excluding hydrogens is 154 g/mol. The van der Waals surface area contributed by atoms with Crippen molar-refractivity contribution in [2.24, 2.45) is 0 Å². The number of hydrogen-bond donors (Lipinski definition) is 1. The molecule has 0 aliphatic rings. The van der Waals surface area contributed by atoms with Crippen LogP contribution in [0.3, 0.4) is 0 Å². The first-order chi connectivity index (χ1) is 5.56. The summed E-state index contributed by atoms with van der Waals surface area (Å²) in [6, 6.07) is 1.69. The van der Waals surface area contributed by atoms with E-state index in [2.05, 4.69) is 19.7 Å². The van der Waals surface area contributed by atoms with E-state index in [0.717, 1.165) is 6.92 Å². The minimum atomic E-state index is -0.833. The number of allylic oxidation sites excluding steroid dienone is 3. The van der Waals surface area contributed by atoms with E-state index in [0.29, 0.717) is 0 Å². The molecule has 66 valence electrons. The Morgan fingerprint density at radius 1 is 1.42 bits per heavy atom. The van der Waals surface area contributed by atoms with E-state index in [1.54, 1.807) is 18.2 Å². The maximum absolute atomic E-state index is 9.00. The average Bonchev–Trinajstić information content (AvgIpc) is 2.03. The van der Waals surface area contributed by atoms with Gasteiger partial charge in [-0.3, -0.25) is 4.79 Å². The molecule has 0 aromatic heterocycles. The van der Waals surface area contributed by atoms with Gasteiger partial charge in [0.05, 0.1) is 6.07 Å². The summed E-state index contributed by atoms with van der Waals surface area (Å²) in [7, 11) is 0. The van der Waals surface area contributed by atoms with Crippen LogP contribution in [0.1, 0.15) is 6.92 Å². The van der Waals surface area contributed by atoms with Crippen molar-refractivity contribution in [3.05, 3.63) is 38.0 Å². The molecule has 0 heterocycles. The van der Waals surface area contributed by atoms with Crippen LogP contribution < -0.4 is 0 Å². The van der Waals surface area contributed by atoms with Crippen LogP contribution in [0, 0.1) is 11.3 Å². The highest BCUT2D eigenvalue weighted by Crippen LogP contribution is 1.52. The number of nitrogens with zero attached hydrogens (tertiary/aromatic N) is 1. The van der Waals surface area contributed by atoms with Gasteiger partial charge in [-0.05, 0) is 0 Å². The van der Waals surface area contributed by atoms with E-state index in [1.807, 2.05) is 0 Å². The van der Waals surface area contributed by atoms with Gasteiger partial charge in [0.1, 0.15) is 0 Å². The molecule has 0 radical (unpaired) electrons. The quantitative estimate of drug-likeness (QED) is 0.480. The molecule has 0 unspecified atom stereocenters. The van der Waals surface area contributed by atoms with Crippen molar-refractivity contribution < 1.29 is 9.90 Å². The molecule has 0 spiro atoms. The largest absolute Gasteiger partial charge is 0.481 e. The van der Waals surface area contributed by atoms with Gasteiger partial charge in [-0.1, -0.05) is 31.9 Å². The Hall–Kier alpha value is -1.82. The predicted octanol–water partition coefficient (Wildman–Crippen LogP) is 2.15. The zero-order valence-corrected chi connectivity index (χ0v) is 7.16. The molecule has 0 saturated heterocycles. The topological polar surface area (TPSA) is 61.1 Å². The summed E-state index contributed by atoms with van der Waals surface area (Å²) in [5, 5.41) is 14.9. The second kappa shape index (κ2) is 22.9. The van der Waals surface area contributed by atoms with Crippen molar-refractivity contribution in [2.45, 2.75) is 6.92 Å². The molecule has 12 heavy (non-hydrogen) atoms. The van der Waals surface area contributed by atoms with Crippen molar-refractivity contribution in [3.63, 3.8) is 0 Å². The number of carbonyl (C=O) groups is 1. The van der Waals surface area contributed by atoms with Gasteiger partial charge in [-0.2, -0.15) is 5.26 Å². The Labute approximate surface area is 72.9 Å². The second-order valence-electron chi connectivity index (χ2n) is 1.32. The molecular formula is C9H13NO2. The van der Waals surface area contributed by atoms with Crippen molar-refractivity contribution in [3.8, 4) is 6.07 Å². The lowest BCUT2D eigenvalue weighted by Gasteiger charge is -1.59. The van der Waals surface area contributed by atoms with Gasteiger partial charge in [-0.15, -0.1) is 0 Å². The molecule has 0 atom stereocenters. The monoisotopic (exact) mass is 167 g/mol. The van der Waals surface area contributed by atoms with Crippen LogP contribution in [0.15, 0.2) is 38.0 Å². The van der Waals surface area contributed by atoms with E-state index in [4.69, 9.17) is 15.2 Å². The number of aliphatic carboxylic acids is 1. The number of carboxylic acid groups (broad SMARTS) is 1. The molecule has 0 aromatic carbocycles. The van der Waals surface area contributed by atoms with Gasteiger partial charge >= 0.3 is 0 Å². The van der Waals surface area contributed by atoms with Gasteiger partial charge in [-0.25, -0.2) is 0 Å². The lowest BCUT2D eigenvalue weighted by molar-refractivity contribution is -0.134. The Morgan fingerprint density at radius 3 is 1.58 bits per heavy atom. The molecule has 0 fully saturated rings. The fraction of sp³-hybridized carbons (Fsp3) is 0.111. The lowest BCUT2D eigenvalue weighted by Crippen LogP contribution is -1.78. The van der Waals surface area contributed by atoms with Gasteiger partial charge in [0.2, 0.25) is 0 Å². The summed E-state index contributed by atoms with van der Waals surface area (Å²) >= 11 is 0. The Kier molecular flexibility index (Phi) is 31.7. The van der Waals surface area contributed by atoms with E-state index in [9.17, 15) is 0 Å². The van der Waals surface area contributed by atoms with Gasteiger partial charge in [0, 0.05) is 13.0 Å². The summed E-state index contributed by atoms with van der Waals surface area (Å²) in [5.41, 5.74) is 0. The van der Waals surface area contributed by atoms with E-state index in [-0.39, 0.29) is 0 Å². The van der Waals surface area contributed by atoms with Crippen molar-refractivity contribution in [2.75, 3.05) is 0 Å². The van der Waals surface area contributed by atoms with Crippen molar-refractivity contribution in [1.29, 1.82) is 5.26 Å². The zero-order chi connectivity index (χ0) is 10.4. The third-order valence-corrected chi connectivity index (χ3v) is 0.258. The van der Waals surface area contributed by atoms with Crippen LogP contribution in [-0.2, 0) is 4.79 Å². The molecule has 3 nitrogen and oxygen atoms in total. The molecule has 0 aromatic rings. The summed E-state index contributed by atoms with van der Waals surface area (Å²) in [5.74, 6) is -0.833. The fourth-order valence-electron chi connectivity index (χ4n) is 0. The fourth-order valence-corrected chi connectivity index (χ4v) is 0. The van der Waals surface area contributed by atoms with E-state index < -0.39 is 5.97 Å². The molecule has 0 bridgehead atoms. The summed E-state index contributed by atoms with van der Waals surface area (Å²) in [6.45, 7) is 10.9. The van der Waals surface area contributed by atoms with Crippen LogP contribution in [-0.4, -0.2) is 11.1 Å². The van der Waals surface area contributed by atoms with Gasteiger partial charge in [0.15, 0.2) is 0 Å². The summed E-state index contributed by atoms with van der Waals surface area (Å²) in [6.07, 6.45) is 4.46. The van der Waals surface area contributed by atoms with Crippen molar-refractivity contribution >= 4 is 5.97 Å². The first-order valence-corrected chi connectivity index (χ1v) is 3.00. The SMILES string of the molecule is C=CC#N.C=CC=C.CC(=O)O. The third-order valence-electron chi connectivity index (χ3n) is 0.258. The maximum atomic E-state index is 9.00. The summed E-state index contributed by atoms with van der Waals surface area (Å²) in [4.78, 5) is 9.00. The predicted molar refractivity (Wildman–Crippen MR) is 49.5 cm³/mol. The number of rotatable bonds is 1. The Morgan fingerprint density at radius 2 is 1.58 bits per heavy atom. The molecule has 0 aliphatic carbocycles. The number of nitriles is 1. The van der Waals surface area contributed by atoms with Gasteiger partial charge in [0.25, 0.3) is 5.97 Å². The Bertz CT molecular complexity index is 167. The Balaban J connectivity index is -0.000000101. The summed E-state index contributed by atoms with van der Waals surface area (Å²) < 4.78 is 0. The van der Waals surface area contributed by atoms with Gasteiger partial charge < -0.3 is 5.11 Å². The van der Waals surface area contributed by atoms with Crippen LogP contribution >= 0.6 is 0 Å². The van der Waals surface area contributed by atoms with Crippen LogP contribution in [0.25, 0.3) is 0 Å². The molecule has 0 aliphatic heterocycles. The molecule has 3 heteroatoms. The first kappa shape index (κ1) is 16.6.